The van der Waals surface area contributed by atoms with Crippen molar-refractivity contribution >= 4 is 5.91 Å². The van der Waals surface area contributed by atoms with Gasteiger partial charge in [0.25, 0.3) is 0 Å². The molecule has 1 amide bonds. The smallest absolute Gasteiger partial charge is 0.244 e. The zero-order chi connectivity index (χ0) is 10.6. The van der Waals surface area contributed by atoms with E-state index in [-0.39, 0.29) is 18.1 Å². The van der Waals surface area contributed by atoms with Crippen molar-refractivity contribution in [2.75, 3.05) is 0 Å². The molecular weight excluding hydrogens is 178 g/mol. The first-order chi connectivity index (χ1) is 6.58. The fourth-order valence-corrected chi connectivity index (χ4v) is 1.80. The Labute approximate surface area is 85.2 Å². The third kappa shape index (κ3) is 3.92. The highest BCUT2D eigenvalue weighted by atomic mass is 16.3. The number of aliphatic hydroxyl groups excluding tert-OH is 1. The van der Waals surface area contributed by atoms with Gasteiger partial charge in [0.05, 0.1) is 6.10 Å². The molecule has 1 aliphatic rings. The van der Waals surface area contributed by atoms with E-state index in [0.29, 0.717) is 6.42 Å². The van der Waals surface area contributed by atoms with Crippen LogP contribution in [0.4, 0.5) is 0 Å². The van der Waals surface area contributed by atoms with E-state index in [1.807, 2.05) is 13.8 Å². The van der Waals surface area contributed by atoms with Gasteiger partial charge in [0.1, 0.15) is 0 Å². The average Bonchev–Trinajstić information content (AvgIpc) is 2.01. The Balaban J connectivity index is 2.36. The third-order valence-electron chi connectivity index (χ3n) is 2.41. The molecule has 0 aromatic heterocycles. The van der Waals surface area contributed by atoms with Gasteiger partial charge in [0, 0.05) is 12.1 Å². The molecule has 1 aliphatic carbocycles. The number of carbonyl (C=O) groups excluding carboxylic acids is 1. The lowest BCUT2D eigenvalue weighted by Gasteiger charge is -2.26. The van der Waals surface area contributed by atoms with Gasteiger partial charge < -0.3 is 10.4 Å². The Morgan fingerprint density at radius 1 is 1.43 bits per heavy atom. The van der Waals surface area contributed by atoms with Gasteiger partial charge in [-0.15, -0.1) is 0 Å². The Hall–Kier alpha value is -0.830. The first kappa shape index (κ1) is 11.2. The summed E-state index contributed by atoms with van der Waals surface area (Å²) in [6, 6.07) is 0.154. The van der Waals surface area contributed by atoms with Crippen molar-refractivity contribution in [3.05, 3.63) is 11.6 Å². The molecule has 2 unspecified atom stereocenters. The van der Waals surface area contributed by atoms with Gasteiger partial charge in [-0.2, -0.15) is 0 Å². The minimum atomic E-state index is -0.235. The lowest BCUT2D eigenvalue weighted by Crippen LogP contribution is -2.39. The monoisotopic (exact) mass is 197 g/mol. The second-order valence-electron chi connectivity index (χ2n) is 4.25. The molecule has 0 aliphatic heterocycles. The number of carbonyl (C=O) groups is 1. The van der Waals surface area contributed by atoms with Crippen LogP contribution in [0.15, 0.2) is 11.6 Å². The van der Waals surface area contributed by atoms with Crippen LogP contribution in [0.5, 0.6) is 0 Å². The molecule has 1 saturated carbocycles. The fourth-order valence-electron chi connectivity index (χ4n) is 1.80. The lowest BCUT2D eigenvalue weighted by molar-refractivity contribution is -0.117. The number of allylic oxidation sites excluding steroid dienone is 1. The summed E-state index contributed by atoms with van der Waals surface area (Å²) in [7, 11) is 0. The number of hydrogen-bond acceptors (Lipinski definition) is 2. The summed E-state index contributed by atoms with van der Waals surface area (Å²) in [5.41, 5.74) is 0.999. The second-order valence-corrected chi connectivity index (χ2v) is 4.25. The van der Waals surface area contributed by atoms with E-state index in [4.69, 9.17) is 0 Å². The predicted molar refractivity (Wildman–Crippen MR) is 55.8 cm³/mol. The van der Waals surface area contributed by atoms with E-state index in [0.717, 1.165) is 24.8 Å². The first-order valence-corrected chi connectivity index (χ1v) is 5.21. The third-order valence-corrected chi connectivity index (χ3v) is 2.41. The summed E-state index contributed by atoms with van der Waals surface area (Å²) < 4.78 is 0. The maximum absolute atomic E-state index is 11.4. The van der Waals surface area contributed by atoms with Crippen LogP contribution in [0.2, 0.25) is 0 Å². The zero-order valence-electron chi connectivity index (χ0n) is 8.92. The molecule has 0 saturated heterocycles. The standard InChI is InChI=1S/C11H19NO2/c1-8(2)6-11(14)12-9-4-3-5-10(13)7-9/h6,9-10,13H,3-5,7H2,1-2H3,(H,12,14). The second kappa shape index (κ2) is 5.15. The molecule has 2 N–H and O–H groups in total. The highest BCUT2D eigenvalue weighted by Crippen LogP contribution is 2.18. The van der Waals surface area contributed by atoms with E-state index in [9.17, 15) is 9.90 Å². The van der Waals surface area contributed by atoms with Crippen LogP contribution in [0.25, 0.3) is 0 Å². The van der Waals surface area contributed by atoms with Gasteiger partial charge in [-0.25, -0.2) is 0 Å². The van der Waals surface area contributed by atoms with Crippen LogP contribution >= 0.6 is 0 Å². The van der Waals surface area contributed by atoms with Crippen LogP contribution in [0.3, 0.4) is 0 Å². The van der Waals surface area contributed by atoms with Gasteiger partial charge >= 0.3 is 0 Å². The molecule has 1 fully saturated rings. The summed E-state index contributed by atoms with van der Waals surface area (Å²) in [6.07, 6.45) is 4.92. The Morgan fingerprint density at radius 3 is 2.71 bits per heavy atom. The summed E-state index contributed by atoms with van der Waals surface area (Å²) in [6.45, 7) is 3.80. The highest BCUT2D eigenvalue weighted by molar-refractivity contribution is 5.88. The van der Waals surface area contributed by atoms with Crippen LogP contribution in [-0.4, -0.2) is 23.2 Å². The quantitative estimate of drug-likeness (QED) is 0.657. The van der Waals surface area contributed by atoms with Crippen molar-refractivity contribution in [3.63, 3.8) is 0 Å². The summed E-state index contributed by atoms with van der Waals surface area (Å²) in [5.74, 6) is -0.0379. The molecule has 0 heterocycles. The van der Waals surface area contributed by atoms with E-state index in [1.54, 1.807) is 6.08 Å². The van der Waals surface area contributed by atoms with Crippen molar-refractivity contribution in [2.24, 2.45) is 0 Å². The first-order valence-electron chi connectivity index (χ1n) is 5.21. The van der Waals surface area contributed by atoms with E-state index < -0.39 is 0 Å². The number of rotatable bonds is 2. The Bertz CT molecular complexity index is 231. The maximum atomic E-state index is 11.4. The SMILES string of the molecule is CC(C)=CC(=O)NC1CCCC(O)C1. The molecule has 1 rings (SSSR count). The lowest BCUT2D eigenvalue weighted by atomic mass is 9.93. The molecule has 2 atom stereocenters. The van der Waals surface area contributed by atoms with E-state index in [1.165, 1.54) is 0 Å². The Kier molecular flexibility index (Phi) is 4.14. The molecule has 0 aromatic carbocycles. The molecule has 0 bridgehead atoms. The molecule has 0 aromatic rings. The number of nitrogens with one attached hydrogen (secondary N) is 1. The van der Waals surface area contributed by atoms with Gasteiger partial charge in [-0.05, 0) is 39.5 Å². The molecule has 3 nitrogen and oxygen atoms in total. The van der Waals surface area contributed by atoms with Crippen LogP contribution in [0, 0.1) is 0 Å². The molecule has 0 radical (unpaired) electrons. The average molecular weight is 197 g/mol. The number of hydrogen-bond donors (Lipinski definition) is 2. The summed E-state index contributed by atoms with van der Waals surface area (Å²) in [5, 5.41) is 12.3. The minimum absolute atomic E-state index is 0.0379. The van der Waals surface area contributed by atoms with E-state index >= 15 is 0 Å². The number of amides is 1. The van der Waals surface area contributed by atoms with Crippen molar-refractivity contribution < 1.29 is 9.90 Å². The van der Waals surface area contributed by atoms with Crippen molar-refractivity contribution in [1.82, 2.24) is 5.32 Å². The molecule has 80 valence electrons. The largest absolute Gasteiger partial charge is 0.393 e. The van der Waals surface area contributed by atoms with Crippen molar-refractivity contribution in [1.29, 1.82) is 0 Å². The number of aliphatic hydroxyl groups is 1. The van der Waals surface area contributed by atoms with Gasteiger partial charge in [-0.1, -0.05) is 5.57 Å². The minimum Gasteiger partial charge on any atom is -0.393 e. The van der Waals surface area contributed by atoms with Gasteiger partial charge in [0.2, 0.25) is 5.91 Å². The maximum Gasteiger partial charge on any atom is 0.244 e. The Morgan fingerprint density at radius 2 is 2.14 bits per heavy atom. The van der Waals surface area contributed by atoms with Crippen LogP contribution < -0.4 is 5.32 Å². The van der Waals surface area contributed by atoms with Crippen LogP contribution in [-0.2, 0) is 4.79 Å². The summed E-state index contributed by atoms with van der Waals surface area (Å²) >= 11 is 0. The van der Waals surface area contributed by atoms with E-state index in [2.05, 4.69) is 5.32 Å². The van der Waals surface area contributed by atoms with Gasteiger partial charge in [-0.3, -0.25) is 4.79 Å². The fraction of sp³-hybridized carbons (Fsp3) is 0.727. The van der Waals surface area contributed by atoms with Crippen molar-refractivity contribution in [2.45, 2.75) is 51.7 Å². The molecule has 0 spiro atoms. The topological polar surface area (TPSA) is 49.3 Å². The van der Waals surface area contributed by atoms with Gasteiger partial charge in [0.15, 0.2) is 0 Å². The van der Waals surface area contributed by atoms with Crippen molar-refractivity contribution in [3.8, 4) is 0 Å². The molecule has 3 heteroatoms. The zero-order valence-corrected chi connectivity index (χ0v) is 8.92. The summed E-state index contributed by atoms with van der Waals surface area (Å²) in [4.78, 5) is 11.4. The van der Waals surface area contributed by atoms with Crippen LogP contribution in [0.1, 0.15) is 39.5 Å². The highest BCUT2D eigenvalue weighted by Gasteiger charge is 2.20. The molecular formula is C11H19NO2. The molecule has 14 heavy (non-hydrogen) atoms. The normalized spacial score (nSPS) is 26.8. The predicted octanol–water partition coefficient (Wildman–Crippen LogP) is 1.37.